The first kappa shape index (κ1) is 19.7. The van der Waals surface area contributed by atoms with Gasteiger partial charge in [0.1, 0.15) is 0 Å². The van der Waals surface area contributed by atoms with Crippen molar-refractivity contribution in [1.29, 1.82) is 0 Å². The molecule has 1 aromatic carbocycles. The van der Waals surface area contributed by atoms with Gasteiger partial charge in [-0.1, -0.05) is 12.1 Å². The molecule has 150 valence electrons. The van der Waals surface area contributed by atoms with E-state index in [1.165, 1.54) is 18.2 Å². The summed E-state index contributed by atoms with van der Waals surface area (Å²) in [5.41, 5.74) is 1.90. The van der Waals surface area contributed by atoms with Gasteiger partial charge in [0.2, 0.25) is 0 Å². The molecule has 1 N–H and O–H groups in total. The van der Waals surface area contributed by atoms with E-state index in [0.717, 1.165) is 32.4 Å². The van der Waals surface area contributed by atoms with E-state index in [-0.39, 0.29) is 12.6 Å². The number of aromatic nitrogens is 1. The Morgan fingerprint density at radius 1 is 1.25 bits per heavy atom. The average molecular weight is 386 g/mol. The summed E-state index contributed by atoms with van der Waals surface area (Å²) in [5, 5.41) is 2.69. The highest BCUT2D eigenvalue weighted by Crippen LogP contribution is 2.23. The highest BCUT2D eigenvalue weighted by Gasteiger charge is 2.23. The summed E-state index contributed by atoms with van der Waals surface area (Å²) in [6.07, 6.45) is 5.24. The molecule has 0 radical (unpaired) electrons. The van der Waals surface area contributed by atoms with Crippen LogP contribution < -0.4 is 5.32 Å². The molecule has 1 aromatic heterocycles. The molecule has 2 heterocycles. The Kier molecular flexibility index (Phi) is 6.52. The Morgan fingerprint density at radius 3 is 2.57 bits per heavy atom. The minimum Gasteiger partial charge on any atom is -0.445 e. The number of nitrogens with one attached hydrogen (secondary N) is 1. The molecule has 1 aliphatic heterocycles. The molecule has 3 amide bonds. The fourth-order valence-electron chi connectivity index (χ4n) is 3.27. The summed E-state index contributed by atoms with van der Waals surface area (Å²) in [5.74, 6) is 1.06. The van der Waals surface area contributed by atoms with E-state index >= 15 is 0 Å². The molecule has 0 bridgehead atoms. The molecular formula is C20H26N4O4. The number of nitrogens with zero attached hydrogens (tertiary/aromatic N) is 3. The quantitative estimate of drug-likeness (QED) is 0.851. The van der Waals surface area contributed by atoms with Gasteiger partial charge in [-0.3, -0.25) is 5.32 Å². The number of ether oxygens (including phenoxy) is 1. The molecule has 1 aliphatic rings. The monoisotopic (exact) mass is 386 g/mol. The Morgan fingerprint density at radius 2 is 1.96 bits per heavy atom. The van der Waals surface area contributed by atoms with Crippen LogP contribution in [-0.2, 0) is 17.8 Å². The molecule has 3 rings (SSSR count). The predicted octanol–water partition coefficient (Wildman–Crippen LogP) is 3.36. The Labute approximate surface area is 164 Å². The zero-order valence-corrected chi connectivity index (χ0v) is 16.3. The lowest BCUT2D eigenvalue weighted by molar-refractivity contribution is 0.145. The second-order valence-corrected chi connectivity index (χ2v) is 7.18. The Balaban J connectivity index is 1.42. The summed E-state index contributed by atoms with van der Waals surface area (Å²) in [7, 11) is 3.57. The number of hydrogen-bond donors (Lipinski definition) is 1. The van der Waals surface area contributed by atoms with Crippen LogP contribution in [0.5, 0.6) is 0 Å². The summed E-state index contributed by atoms with van der Waals surface area (Å²) in [6.45, 7) is 1.65. The van der Waals surface area contributed by atoms with Gasteiger partial charge in [-0.25, -0.2) is 14.6 Å². The highest BCUT2D eigenvalue weighted by molar-refractivity contribution is 5.84. The maximum absolute atomic E-state index is 12.0. The molecular weight excluding hydrogens is 360 g/mol. The summed E-state index contributed by atoms with van der Waals surface area (Å²) in [4.78, 5) is 31.1. The Bertz CT molecular complexity index is 766. The maximum atomic E-state index is 12.0. The lowest BCUT2D eigenvalue weighted by Crippen LogP contribution is -2.44. The van der Waals surface area contributed by atoms with Gasteiger partial charge in [0.05, 0.1) is 6.20 Å². The zero-order chi connectivity index (χ0) is 19.9. The first-order chi connectivity index (χ1) is 13.5. The third-order valence-electron chi connectivity index (χ3n) is 4.82. The third kappa shape index (κ3) is 5.48. The van der Waals surface area contributed by atoms with Crippen LogP contribution in [0.4, 0.5) is 15.3 Å². The van der Waals surface area contributed by atoms with E-state index in [2.05, 4.69) is 10.3 Å². The number of carbonyl (C=O) groups excluding carboxylic acids is 2. The van der Waals surface area contributed by atoms with Crippen molar-refractivity contribution >= 4 is 17.8 Å². The fourth-order valence-corrected chi connectivity index (χ4v) is 3.27. The van der Waals surface area contributed by atoms with Gasteiger partial charge in [0, 0.05) is 32.9 Å². The largest absolute Gasteiger partial charge is 0.445 e. The second kappa shape index (κ2) is 9.25. The van der Waals surface area contributed by atoms with E-state index in [4.69, 9.17) is 9.15 Å². The predicted molar refractivity (Wildman–Crippen MR) is 104 cm³/mol. The van der Waals surface area contributed by atoms with Gasteiger partial charge in [0.25, 0.3) is 0 Å². The van der Waals surface area contributed by atoms with Gasteiger partial charge in [-0.05, 0) is 42.9 Å². The SMILES string of the molecule is CN(C)C(=O)N1CCC(Cc2ccc(NC(=O)OCc3cnco3)cc2)CC1. The molecule has 0 atom stereocenters. The van der Waals surface area contributed by atoms with Crippen LogP contribution in [-0.4, -0.2) is 54.1 Å². The fraction of sp³-hybridized carbons (Fsp3) is 0.450. The topological polar surface area (TPSA) is 87.9 Å². The van der Waals surface area contributed by atoms with Crippen molar-refractivity contribution in [1.82, 2.24) is 14.8 Å². The van der Waals surface area contributed by atoms with Crippen molar-refractivity contribution in [2.45, 2.75) is 25.9 Å². The number of likely N-dealkylation sites (tertiary alicyclic amines) is 1. The first-order valence-electron chi connectivity index (χ1n) is 9.37. The Hall–Kier alpha value is -3.03. The van der Waals surface area contributed by atoms with Crippen LogP contribution >= 0.6 is 0 Å². The minimum atomic E-state index is -0.540. The molecule has 0 saturated carbocycles. The summed E-state index contributed by atoms with van der Waals surface area (Å²) >= 11 is 0. The molecule has 8 heteroatoms. The molecule has 2 aromatic rings. The number of anilines is 1. The molecule has 28 heavy (non-hydrogen) atoms. The van der Waals surface area contributed by atoms with Crippen molar-refractivity contribution in [3.63, 3.8) is 0 Å². The van der Waals surface area contributed by atoms with E-state index in [1.54, 1.807) is 19.0 Å². The lowest BCUT2D eigenvalue weighted by atomic mass is 9.90. The van der Waals surface area contributed by atoms with Gasteiger partial charge < -0.3 is 19.0 Å². The van der Waals surface area contributed by atoms with Crippen molar-refractivity contribution in [3.05, 3.63) is 48.2 Å². The number of amides is 3. The van der Waals surface area contributed by atoms with Crippen LogP contribution in [0.2, 0.25) is 0 Å². The number of hydrogen-bond acceptors (Lipinski definition) is 5. The first-order valence-corrected chi connectivity index (χ1v) is 9.37. The highest BCUT2D eigenvalue weighted by atomic mass is 16.6. The average Bonchev–Trinajstić information content (AvgIpc) is 3.21. The van der Waals surface area contributed by atoms with Gasteiger partial charge in [-0.15, -0.1) is 0 Å². The number of oxazole rings is 1. The zero-order valence-electron chi connectivity index (χ0n) is 16.3. The second-order valence-electron chi connectivity index (χ2n) is 7.18. The van der Waals surface area contributed by atoms with E-state index in [1.807, 2.05) is 29.2 Å². The van der Waals surface area contributed by atoms with Crippen molar-refractivity contribution in [2.24, 2.45) is 5.92 Å². The summed E-state index contributed by atoms with van der Waals surface area (Å²) in [6, 6.07) is 7.86. The molecule has 8 nitrogen and oxygen atoms in total. The minimum absolute atomic E-state index is 0.0406. The van der Waals surface area contributed by atoms with E-state index in [0.29, 0.717) is 17.4 Å². The molecule has 0 aliphatic carbocycles. The molecule has 0 unspecified atom stereocenters. The van der Waals surface area contributed by atoms with E-state index < -0.39 is 6.09 Å². The van der Waals surface area contributed by atoms with Gasteiger partial charge >= 0.3 is 12.1 Å². The van der Waals surface area contributed by atoms with Crippen LogP contribution in [0.25, 0.3) is 0 Å². The van der Waals surface area contributed by atoms with Crippen LogP contribution in [0.15, 0.2) is 41.3 Å². The normalized spacial score (nSPS) is 14.6. The third-order valence-corrected chi connectivity index (χ3v) is 4.82. The standard InChI is InChI=1S/C20H26N4O4/c1-23(2)20(26)24-9-7-16(8-10-24)11-15-3-5-17(6-4-15)22-19(25)27-13-18-12-21-14-28-18/h3-6,12,14,16H,7-11,13H2,1-2H3,(H,22,25). The number of piperidine rings is 1. The number of rotatable bonds is 5. The van der Waals surface area contributed by atoms with Crippen molar-refractivity contribution in [3.8, 4) is 0 Å². The van der Waals surface area contributed by atoms with Crippen LogP contribution in [0.1, 0.15) is 24.2 Å². The van der Waals surface area contributed by atoms with Crippen molar-refractivity contribution < 1.29 is 18.7 Å². The van der Waals surface area contributed by atoms with Crippen LogP contribution in [0.3, 0.4) is 0 Å². The molecule has 1 saturated heterocycles. The molecule has 0 spiro atoms. The van der Waals surface area contributed by atoms with Gasteiger partial charge in [-0.2, -0.15) is 0 Å². The van der Waals surface area contributed by atoms with Crippen molar-refractivity contribution in [2.75, 3.05) is 32.5 Å². The summed E-state index contributed by atoms with van der Waals surface area (Å²) < 4.78 is 10.1. The lowest BCUT2D eigenvalue weighted by Gasteiger charge is -2.33. The van der Waals surface area contributed by atoms with Crippen LogP contribution in [0, 0.1) is 5.92 Å². The maximum Gasteiger partial charge on any atom is 0.412 e. The molecule has 1 fully saturated rings. The smallest absolute Gasteiger partial charge is 0.412 e. The van der Waals surface area contributed by atoms with Gasteiger partial charge in [0.15, 0.2) is 18.8 Å². The number of carbonyl (C=O) groups is 2. The number of urea groups is 1. The number of benzene rings is 1. The van der Waals surface area contributed by atoms with E-state index in [9.17, 15) is 9.59 Å².